The number of pyridine rings is 1. The van der Waals surface area contributed by atoms with Gasteiger partial charge in [-0.3, -0.25) is 0 Å². The molecule has 6 aromatic rings. The van der Waals surface area contributed by atoms with Crippen molar-refractivity contribution in [2.24, 2.45) is 7.05 Å². The van der Waals surface area contributed by atoms with E-state index in [2.05, 4.69) is 124 Å². The van der Waals surface area contributed by atoms with Crippen LogP contribution >= 0.6 is 0 Å². The van der Waals surface area contributed by atoms with Crippen LogP contribution in [0.25, 0.3) is 55.4 Å². The first-order chi connectivity index (χ1) is 21.0. The smallest absolute Gasteiger partial charge is 0.216 e. The normalized spacial score (nSPS) is 13.4. The zero-order valence-electron chi connectivity index (χ0n) is 29.0. The first-order valence-electron chi connectivity index (χ1n) is 16.3. The molecular formula is C41H44NO+. The fourth-order valence-corrected chi connectivity index (χ4v) is 6.22. The van der Waals surface area contributed by atoms with Crippen LogP contribution in [0.2, 0.25) is 0 Å². The SMILES string of the molecule is [2H]C(C)(C)c1cc(C(C)(C)C)cc(C([2H])(C)C)c1-c1cc[n+](C)c(-c2c(C)ccc3c2oc2cc(-c4ccccc4)ccc23)c1. The summed E-state index contributed by atoms with van der Waals surface area (Å²) in [4.78, 5) is 0. The Kier molecular flexibility index (Phi) is 6.66. The summed E-state index contributed by atoms with van der Waals surface area (Å²) in [5.74, 6) is -1.72. The average molecular weight is 569 g/mol. The summed E-state index contributed by atoms with van der Waals surface area (Å²) in [7, 11) is 2.07. The van der Waals surface area contributed by atoms with Crippen molar-refractivity contribution >= 4 is 21.9 Å². The van der Waals surface area contributed by atoms with Crippen LogP contribution in [0.4, 0.5) is 0 Å². The maximum Gasteiger partial charge on any atom is 0.216 e. The lowest BCUT2D eigenvalue weighted by Gasteiger charge is -2.27. The summed E-state index contributed by atoms with van der Waals surface area (Å²) in [6, 6.07) is 30.0. The molecule has 0 saturated carbocycles. The highest BCUT2D eigenvalue weighted by molar-refractivity contribution is 6.10. The summed E-state index contributed by atoms with van der Waals surface area (Å²) in [5, 5.41) is 2.19. The van der Waals surface area contributed by atoms with Gasteiger partial charge in [-0.05, 0) is 80.8 Å². The molecule has 2 heteroatoms. The number of furan rings is 1. The van der Waals surface area contributed by atoms with Crippen molar-refractivity contribution in [2.45, 2.75) is 72.6 Å². The second kappa shape index (κ2) is 10.8. The molecule has 0 unspecified atom stereocenters. The quantitative estimate of drug-likeness (QED) is 0.189. The Bertz CT molecular complexity index is 2030. The molecule has 2 heterocycles. The number of benzene rings is 4. The van der Waals surface area contributed by atoms with Crippen molar-refractivity contribution in [1.82, 2.24) is 0 Å². The van der Waals surface area contributed by atoms with Gasteiger partial charge in [0.15, 0.2) is 6.20 Å². The van der Waals surface area contributed by atoms with Crippen LogP contribution in [0.5, 0.6) is 0 Å². The van der Waals surface area contributed by atoms with Gasteiger partial charge < -0.3 is 4.42 Å². The molecule has 4 aromatic carbocycles. The Labute approximate surface area is 259 Å². The van der Waals surface area contributed by atoms with E-state index in [1.165, 1.54) is 0 Å². The molecule has 0 radical (unpaired) electrons. The molecule has 0 fully saturated rings. The molecule has 2 aromatic heterocycles. The number of hydrogen-bond acceptors (Lipinski definition) is 1. The summed E-state index contributed by atoms with van der Waals surface area (Å²) >= 11 is 0. The van der Waals surface area contributed by atoms with Crippen LogP contribution in [-0.2, 0) is 12.5 Å². The Morgan fingerprint density at radius 2 is 1.35 bits per heavy atom. The fraction of sp³-hybridized carbons (Fsp3) is 0.293. The van der Waals surface area contributed by atoms with Gasteiger partial charge in [0.25, 0.3) is 0 Å². The zero-order chi connectivity index (χ0) is 32.5. The molecule has 0 atom stereocenters. The van der Waals surface area contributed by atoms with Gasteiger partial charge in [0, 0.05) is 25.6 Å². The molecule has 2 nitrogen and oxygen atoms in total. The highest BCUT2D eigenvalue weighted by atomic mass is 16.3. The summed E-state index contributed by atoms with van der Waals surface area (Å²) in [6.07, 6.45) is 2.10. The first kappa shape index (κ1) is 26.5. The number of fused-ring (bicyclic) bond motifs is 3. The van der Waals surface area contributed by atoms with E-state index < -0.39 is 11.8 Å². The number of aromatic nitrogens is 1. The Morgan fingerprint density at radius 1 is 0.698 bits per heavy atom. The average Bonchev–Trinajstić information content (AvgIpc) is 3.34. The minimum atomic E-state index is -0.861. The predicted octanol–water partition coefficient (Wildman–Crippen LogP) is 11.3. The molecule has 0 amide bonds. The van der Waals surface area contributed by atoms with Crippen molar-refractivity contribution < 1.29 is 11.7 Å². The Balaban J connectivity index is 1.62. The molecule has 6 rings (SSSR count). The van der Waals surface area contributed by atoms with Crippen LogP contribution < -0.4 is 4.57 Å². The molecular weight excluding hydrogens is 522 g/mol. The molecule has 0 bridgehead atoms. The standard InChI is InChI=1S/C41H44NO/c1-25(2)34-23-31(41(6,7)8)24-35(26(3)4)39(34)30-19-20-42(9)36(21-30)38-27(5)15-17-33-32-18-16-29(22-37(32)43-40(33)38)28-13-11-10-12-14-28/h10-26H,1-9H3/q+1/i25D,26D. The lowest BCUT2D eigenvalue weighted by atomic mass is 9.78. The largest absolute Gasteiger partial charge is 0.455 e. The van der Waals surface area contributed by atoms with Crippen LogP contribution in [0.3, 0.4) is 0 Å². The van der Waals surface area contributed by atoms with Crippen molar-refractivity contribution in [3.8, 4) is 33.5 Å². The number of nitrogens with zero attached hydrogens (tertiary/aromatic N) is 1. The van der Waals surface area contributed by atoms with Gasteiger partial charge in [0.1, 0.15) is 18.2 Å². The Hall–Kier alpha value is -4.17. The van der Waals surface area contributed by atoms with Gasteiger partial charge in [-0.1, -0.05) is 109 Å². The molecule has 43 heavy (non-hydrogen) atoms. The molecule has 0 aliphatic rings. The van der Waals surface area contributed by atoms with Gasteiger partial charge in [-0.15, -0.1) is 0 Å². The van der Waals surface area contributed by atoms with Crippen LogP contribution in [0.15, 0.2) is 95.5 Å². The van der Waals surface area contributed by atoms with Crippen LogP contribution in [0.1, 0.15) is 85.2 Å². The number of aryl methyl sites for hydroxylation is 2. The lowest BCUT2D eigenvalue weighted by Crippen LogP contribution is -2.30. The zero-order valence-corrected chi connectivity index (χ0v) is 27.0. The van der Waals surface area contributed by atoms with E-state index in [4.69, 9.17) is 4.42 Å². The van der Waals surface area contributed by atoms with Gasteiger partial charge in [0.05, 0.1) is 5.56 Å². The van der Waals surface area contributed by atoms with E-state index in [1.807, 2.05) is 33.8 Å². The summed E-state index contributed by atoms with van der Waals surface area (Å²) in [6.45, 7) is 16.5. The topological polar surface area (TPSA) is 17.0 Å². The first-order valence-corrected chi connectivity index (χ1v) is 15.3. The third kappa shape index (κ3) is 5.18. The predicted molar refractivity (Wildman–Crippen MR) is 183 cm³/mol. The summed E-state index contributed by atoms with van der Waals surface area (Å²) < 4.78 is 27.3. The van der Waals surface area contributed by atoms with Gasteiger partial charge in [0.2, 0.25) is 5.69 Å². The van der Waals surface area contributed by atoms with E-state index in [0.717, 1.165) is 77.7 Å². The molecule has 0 aliphatic carbocycles. The lowest BCUT2D eigenvalue weighted by molar-refractivity contribution is -0.660. The second-order valence-corrected chi connectivity index (χ2v) is 13.4. The maximum atomic E-state index is 9.23. The number of hydrogen-bond donors (Lipinski definition) is 0. The third-order valence-corrected chi connectivity index (χ3v) is 8.73. The van der Waals surface area contributed by atoms with E-state index in [-0.39, 0.29) is 5.41 Å². The van der Waals surface area contributed by atoms with Crippen molar-refractivity contribution in [2.75, 3.05) is 0 Å². The van der Waals surface area contributed by atoms with Gasteiger partial charge in [-0.25, -0.2) is 4.57 Å². The molecule has 0 spiro atoms. The van der Waals surface area contributed by atoms with Crippen LogP contribution in [0, 0.1) is 6.92 Å². The van der Waals surface area contributed by atoms with Gasteiger partial charge in [-0.2, -0.15) is 0 Å². The van der Waals surface area contributed by atoms with E-state index >= 15 is 0 Å². The second-order valence-electron chi connectivity index (χ2n) is 13.4. The minimum absolute atomic E-state index is 0.110. The van der Waals surface area contributed by atoms with Crippen molar-refractivity contribution in [3.05, 3.63) is 113 Å². The highest BCUT2D eigenvalue weighted by Gasteiger charge is 2.26. The molecule has 0 saturated heterocycles. The third-order valence-electron chi connectivity index (χ3n) is 8.73. The molecule has 218 valence electrons. The van der Waals surface area contributed by atoms with Crippen LogP contribution in [-0.4, -0.2) is 0 Å². The van der Waals surface area contributed by atoms with E-state index in [9.17, 15) is 2.74 Å². The van der Waals surface area contributed by atoms with E-state index in [1.54, 1.807) is 0 Å². The highest BCUT2D eigenvalue weighted by Crippen LogP contribution is 2.42. The molecule has 0 N–H and O–H groups in total. The minimum Gasteiger partial charge on any atom is -0.455 e. The monoisotopic (exact) mass is 568 g/mol. The number of rotatable bonds is 5. The van der Waals surface area contributed by atoms with Crippen molar-refractivity contribution in [1.29, 1.82) is 0 Å². The van der Waals surface area contributed by atoms with Gasteiger partial charge >= 0.3 is 0 Å². The molecule has 0 aliphatic heterocycles. The van der Waals surface area contributed by atoms with Crippen molar-refractivity contribution in [3.63, 3.8) is 0 Å². The Morgan fingerprint density at radius 3 is 1.98 bits per heavy atom. The van der Waals surface area contributed by atoms with E-state index in [0.29, 0.717) is 0 Å². The maximum absolute atomic E-state index is 9.23. The summed E-state index contributed by atoms with van der Waals surface area (Å²) in [5.41, 5.74) is 12.1. The fourth-order valence-electron chi connectivity index (χ4n) is 6.22.